The Balaban J connectivity index is 1.39. The van der Waals surface area contributed by atoms with Gasteiger partial charge < -0.3 is 24.6 Å². The number of aliphatic hydroxyl groups is 2. The van der Waals surface area contributed by atoms with Crippen LogP contribution in [0.2, 0.25) is 0 Å². The van der Waals surface area contributed by atoms with Gasteiger partial charge in [-0.05, 0) is 6.92 Å². The summed E-state index contributed by atoms with van der Waals surface area (Å²) < 4.78 is 48.9. The first-order chi connectivity index (χ1) is 17.4. The third-order valence-electron chi connectivity index (χ3n) is 5.93. The molecule has 2 saturated heterocycles. The monoisotopic (exact) mass is 550 g/mol. The van der Waals surface area contributed by atoms with Crippen molar-refractivity contribution < 1.29 is 42.6 Å². The summed E-state index contributed by atoms with van der Waals surface area (Å²) in [7, 11) is -4.84. The Morgan fingerprint density at radius 3 is 2.32 bits per heavy atom. The van der Waals surface area contributed by atoms with Crippen molar-refractivity contribution in [3.8, 4) is 0 Å². The molecule has 0 saturated carbocycles. The molecule has 2 aliphatic heterocycles. The van der Waals surface area contributed by atoms with Gasteiger partial charge in [-0.3, -0.25) is 37.7 Å². The van der Waals surface area contributed by atoms with E-state index in [9.17, 15) is 43.2 Å². The number of halogens is 1. The maximum Gasteiger partial charge on any atom is 0.472 e. The lowest BCUT2D eigenvalue weighted by Gasteiger charge is -2.21. The minimum atomic E-state index is -4.84. The summed E-state index contributed by atoms with van der Waals surface area (Å²) in [6.45, 7) is 0.158. The number of nitrogens with zero attached hydrogens (tertiary/aromatic N) is 2. The van der Waals surface area contributed by atoms with Crippen LogP contribution in [-0.4, -0.2) is 71.8 Å². The highest BCUT2D eigenvalue weighted by atomic mass is 31.2. The van der Waals surface area contributed by atoms with E-state index in [4.69, 9.17) is 18.5 Å². The lowest BCUT2D eigenvalue weighted by atomic mass is 10.2. The molecule has 37 heavy (non-hydrogen) atoms. The Labute approximate surface area is 205 Å². The Morgan fingerprint density at radius 2 is 1.65 bits per heavy atom. The van der Waals surface area contributed by atoms with Crippen LogP contribution in [0.15, 0.2) is 31.6 Å². The fraction of sp³-hybridized carbons (Fsp3) is 0.579. The zero-order valence-electron chi connectivity index (χ0n) is 19.2. The summed E-state index contributed by atoms with van der Waals surface area (Å²) in [6, 6.07) is 0. The smallest absolute Gasteiger partial charge is 0.394 e. The van der Waals surface area contributed by atoms with Crippen LogP contribution < -0.4 is 22.5 Å². The third kappa shape index (κ3) is 5.89. The number of aliphatic hydroxyl groups excluding tert-OH is 2. The van der Waals surface area contributed by atoms with Gasteiger partial charge >= 0.3 is 19.2 Å². The number of aryl methyl sites for hydroxylation is 1. The van der Waals surface area contributed by atoms with Crippen LogP contribution in [0.5, 0.6) is 0 Å². The number of phosphoric acid groups is 1. The van der Waals surface area contributed by atoms with E-state index in [1.54, 1.807) is 4.98 Å². The molecule has 0 bridgehead atoms. The van der Waals surface area contributed by atoms with Gasteiger partial charge in [0.15, 0.2) is 0 Å². The van der Waals surface area contributed by atoms with Gasteiger partial charge in [0.1, 0.15) is 30.8 Å². The zero-order valence-corrected chi connectivity index (χ0v) is 20.1. The van der Waals surface area contributed by atoms with E-state index >= 15 is 0 Å². The quantitative estimate of drug-likeness (QED) is 0.224. The molecule has 0 amide bonds. The molecule has 0 aromatic carbocycles. The predicted molar refractivity (Wildman–Crippen MR) is 118 cm³/mol. The molecule has 4 rings (SSSR count). The van der Waals surface area contributed by atoms with Crippen LogP contribution >= 0.6 is 7.82 Å². The number of aromatic amines is 2. The third-order valence-corrected chi connectivity index (χ3v) is 6.94. The lowest BCUT2D eigenvalue weighted by molar-refractivity contribution is -0.0577. The van der Waals surface area contributed by atoms with E-state index in [1.807, 2.05) is 0 Å². The van der Waals surface area contributed by atoms with Gasteiger partial charge in [0.2, 0.25) is 5.82 Å². The summed E-state index contributed by atoms with van der Waals surface area (Å²) in [6.07, 6.45) is -5.56. The summed E-state index contributed by atoms with van der Waals surface area (Å²) >= 11 is 0. The fourth-order valence-electron chi connectivity index (χ4n) is 4.03. The molecule has 2 aromatic heterocycles. The van der Waals surface area contributed by atoms with Gasteiger partial charge in [-0.2, -0.15) is 4.39 Å². The first-order valence-electron chi connectivity index (χ1n) is 11.0. The van der Waals surface area contributed by atoms with E-state index < -0.39 is 86.2 Å². The van der Waals surface area contributed by atoms with Crippen molar-refractivity contribution in [3.05, 3.63) is 65.5 Å². The number of hydrogen-bond acceptors (Lipinski definition) is 11. The normalized spacial score (nSPS) is 29.4. The number of phosphoric ester groups is 1. The van der Waals surface area contributed by atoms with Crippen molar-refractivity contribution in [2.75, 3.05) is 13.2 Å². The van der Waals surface area contributed by atoms with E-state index in [1.165, 1.54) is 13.1 Å². The molecule has 204 valence electrons. The molecular weight excluding hydrogens is 526 g/mol. The lowest BCUT2D eigenvalue weighted by Crippen LogP contribution is -2.34. The number of aromatic nitrogens is 4. The van der Waals surface area contributed by atoms with Gasteiger partial charge in [0.05, 0.1) is 25.5 Å². The molecule has 0 spiro atoms. The van der Waals surface area contributed by atoms with E-state index in [2.05, 4.69) is 4.98 Å². The van der Waals surface area contributed by atoms with Gasteiger partial charge in [-0.1, -0.05) is 0 Å². The molecule has 16 nitrogen and oxygen atoms in total. The van der Waals surface area contributed by atoms with Gasteiger partial charge in [0.25, 0.3) is 11.1 Å². The Bertz CT molecular complexity index is 1440. The van der Waals surface area contributed by atoms with Crippen molar-refractivity contribution >= 4 is 7.82 Å². The highest BCUT2D eigenvalue weighted by molar-refractivity contribution is 7.47. The van der Waals surface area contributed by atoms with Gasteiger partial charge in [-0.25, -0.2) is 14.2 Å². The Morgan fingerprint density at radius 1 is 1.05 bits per heavy atom. The highest BCUT2D eigenvalue weighted by Gasteiger charge is 2.43. The first kappa shape index (κ1) is 27.3. The molecule has 7 atom stereocenters. The summed E-state index contributed by atoms with van der Waals surface area (Å²) in [5, 5.41) is 19.8. The van der Waals surface area contributed by atoms with Gasteiger partial charge in [-0.15, -0.1) is 0 Å². The molecule has 5 N–H and O–H groups in total. The average molecular weight is 550 g/mol. The second kappa shape index (κ2) is 10.5. The van der Waals surface area contributed by atoms with Crippen LogP contribution in [0.4, 0.5) is 4.39 Å². The molecule has 4 heterocycles. The van der Waals surface area contributed by atoms with Crippen LogP contribution in [0.25, 0.3) is 0 Å². The summed E-state index contributed by atoms with van der Waals surface area (Å²) in [5.74, 6) is -1.25. The number of hydrogen-bond donors (Lipinski definition) is 5. The van der Waals surface area contributed by atoms with Crippen molar-refractivity contribution in [2.24, 2.45) is 0 Å². The summed E-state index contributed by atoms with van der Waals surface area (Å²) in [5.41, 5.74) is -3.37. The topological polar surface area (TPSA) is 224 Å². The minimum absolute atomic E-state index is 0.157. The van der Waals surface area contributed by atoms with Crippen LogP contribution in [0.3, 0.4) is 0 Å². The second-order valence-electron chi connectivity index (χ2n) is 8.51. The minimum Gasteiger partial charge on any atom is -0.394 e. The summed E-state index contributed by atoms with van der Waals surface area (Å²) in [4.78, 5) is 60.9. The molecule has 18 heteroatoms. The molecule has 2 fully saturated rings. The molecule has 2 aromatic rings. The van der Waals surface area contributed by atoms with Crippen molar-refractivity contribution in [3.63, 3.8) is 0 Å². The van der Waals surface area contributed by atoms with Gasteiger partial charge in [0, 0.05) is 24.6 Å². The standard InChI is InChI=1S/C19H24FN4O12P/c1-8-4-23(18(29)21-16(8)27)15-3-11(12(6-25)34-15)36-37(31,32)33-7-13-10(26)2-14(35-13)24-5-9(20)17(28)22-19(24)30/h4-5,10-15,25-26H,2-3,6-7H2,1H3,(H,31,32)(H,21,27,29)(H,22,28,30)/t10-,11-,12+,13+,14+,15+/m0/s1. The number of H-pyrrole nitrogens is 2. The average Bonchev–Trinajstić information content (AvgIpc) is 3.39. The maximum atomic E-state index is 13.6. The second-order valence-corrected chi connectivity index (χ2v) is 9.92. The molecule has 1 unspecified atom stereocenters. The number of ether oxygens (including phenoxy) is 2. The van der Waals surface area contributed by atoms with Crippen molar-refractivity contribution in [1.29, 1.82) is 0 Å². The molecular formula is C19H24FN4O12P. The van der Waals surface area contributed by atoms with Crippen molar-refractivity contribution in [2.45, 2.75) is 56.6 Å². The number of rotatable bonds is 8. The Kier molecular flexibility index (Phi) is 7.77. The molecule has 0 aliphatic carbocycles. The van der Waals surface area contributed by atoms with E-state index in [-0.39, 0.29) is 18.4 Å². The van der Waals surface area contributed by atoms with Crippen LogP contribution in [0, 0.1) is 12.7 Å². The van der Waals surface area contributed by atoms with E-state index in [0.29, 0.717) is 6.20 Å². The molecule has 2 aliphatic rings. The maximum absolute atomic E-state index is 13.6. The fourth-order valence-corrected chi connectivity index (χ4v) is 4.99. The predicted octanol–water partition coefficient (Wildman–Crippen LogP) is -2.04. The van der Waals surface area contributed by atoms with Crippen LogP contribution in [0.1, 0.15) is 30.9 Å². The highest BCUT2D eigenvalue weighted by Crippen LogP contribution is 2.48. The zero-order chi connectivity index (χ0) is 27.1. The SMILES string of the molecule is Cc1cn([C@H]2C[C@H](OP(=O)(O)OC[C@H]3O[C@@H](n4cc(F)c(=O)[nH]c4=O)C[C@@H]3O)[C@@H](CO)O2)c(=O)[nH]c1=O. The largest absolute Gasteiger partial charge is 0.472 e. The van der Waals surface area contributed by atoms with Crippen molar-refractivity contribution in [1.82, 2.24) is 19.1 Å². The number of nitrogens with one attached hydrogen (secondary N) is 2. The first-order valence-corrected chi connectivity index (χ1v) is 12.5. The van der Waals surface area contributed by atoms with Crippen LogP contribution in [-0.2, 0) is 23.1 Å². The molecule has 0 radical (unpaired) electrons. The Hall–Kier alpha value is -2.76. The van der Waals surface area contributed by atoms with E-state index in [0.717, 1.165) is 9.13 Å².